The average Bonchev–Trinajstić information content (AvgIpc) is 2.29. The van der Waals surface area contributed by atoms with E-state index in [-0.39, 0.29) is 0 Å². The van der Waals surface area contributed by atoms with Crippen LogP contribution in [0.3, 0.4) is 0 Å². The summed E-state index contributed by atoms with van der Waals surface area (Å²) in [6.07, 6.45) is 1.76. The standard InChI is InChI=1S/C11H9NO2/c1-2-8-3-4-9-11(10(8)12-5-1)14-7-6-13-9/h1-5H,6-7H2. The molecule has 0 bridgehead atoms. The second-order valence-corrected chi connectivity index (χ2v) is 3.16. The number of benzene rings is 1. The normalized spacial score (nSPS) is 14.3. The maximum absolute atomic E-state index is 5.55. The quantitative estimate of drug-likeness (QED) is 0.632. The molecule has 3 nitrogen and oxygen atoms in total. The van der Waals surface area contributed by atoms with Gasteiger partial charge in [0.2, 0.25) is 0 Å². The molecular formula is C11H9NO2. The van der Waals surface area contributed by atoms with Crippen LogP contribution in [0.1, 0.15) is 0 Å². The van der Waals surface area contributed by atoms with Gasteiger partial charge in [-0.3, -0.25) is 4.98 Å². The van der Waals surface area contributed by atoms with E-state index in [0.717, 1.165) is 22.4 Å². The van der Waals surface area contributed by atoms with Crippen molar-refractivity contribution in [2.24, 2.45) is 0 Å². The van der Waals surface area contributed by atoms with Gasteiger partial charge >= 0.3 is 0 Å². The minimum Gasteiger partial charge on any atom is -0.486 e. The molecular weight excluding hydrogens is 178 g/mol. The van der Waals surface area contributed by atoms with E-state index in [1.165, 1.54) is 0 Å². The highest BCUT2D eigenvalue weighted by atomic mass is 16.6. The van der Waals surface area contributed by atoms with Gasteiger partial charge in [-0.1, -0.05) is 6.07 Å². The first kappa shape index (κ1) is 7.62. The number of pyridine rings is 1. The lowest BCUT2D eigenvalue weighted by Crippen LogP contribution is -2.15. The molecule has 2 heterocycles. The van der Waals surface area contributed by atoms with Gasteiger partial charge in [0.1, 0.15) is 18.7 Å². The van der Waals surface area contributed by atoms with Crippen molar-refractivity contribution in [2.75, 3.05) is 13.2 Å². The molecule has 0 fully saturated rings. The Bertz CT molecular complexity index is 482. The third kappa shape index (κ3) is 1.02. The second kappa shape index (κ2) is 2.87. The molecule has 3 heteroatoms. The molecule has 1 aromatic carbocycles. The van der Waals surface area contributed by atoms with Crippen LogP contribution in [0.15, 0.2) is 30.5 Å². The van der Waals surface area contributed by atoms with Crippen molar-refractivity contribution in [3.05, 3.63) is 30.5 Å². The molecule has 0 unspecified atom stereocenters. The van der Waals surface area contributed by atoms with Crippen molar-refractivity contribution >= 4 is 10.9 Å². The van der Waals surface area contributed by atoms with Crippen LogP contribution in [0.5, 0.6) is 11.5 Å². The molecule has 0 saturated carbocycles. The number of rotatable bonds is 0. The molecule has 0 amide bonds. The van der Waals surface area contributed by atoms with Gasteiger partial charge in [-0.25, -0.2) is 0 Å². The van der Waals surface area contributed by atoms with Gasteiger partial charge in [0.25, 0.3) is 0 Å². The van der Waals surface area contributed by atoms with Gasteiger partial charge in [0, 0.05) is 11.6 Å². The van der Waals surface area contributed by atoms with E-state index in [2.05, 4.69) is 4.98 Å². The van der Waals surface area contributed by atoms with Crippen LogP contribution >= 0.6 is 0 Å². The average molecular weight is 187 g/mol. The summed E-state index contributed by atoms with van der Waals surface area (Å²) in [5.41, 5.74) is 0.879. The summed E-state index contributed by atoms with van der Waals surface area (Å²) >= 11 is 0. The van der Waals surface area contributed by atoms with Crippen molar-refractivity contribution in [1.82, 2.24) is 4.98 Å². The number of aromatic nitrogens is 1. The molecule has 0 spiro atoms. The highest BCUT2D eigenvalue weighted by Crippen LogP contribution is 2.35. The van der Waals surface area contributed by atoms with Gasteiger partial charge in [-0.15, -0.1) is 0 Å². The summed E-state index contributed by atoms with van der Waals surface area (Å²) in [6.45, 7) is 1.22. The topological polar surface area (TPSA) is 31.4 Å². The van der Waals surface area contributed by atoms with E-state index in [4.69, 9.17) is 9.47 Å². The summed E-state index contributed by atoms with van der Waals surface area (Å²) in [5.74, 6) is 1.57. The van der Waals surface area contributed by atoms with Crippen molar-refractivity contribution in [2.45, 2.75) is 0 Å². The van der Waals surface area contributed by atoms with Crippen LogP contribution in [0.2, 0.25) is 0 Å². The van der Waals surface area contributed by atoms with Crippen LogP contribution in [0.25, 0.3) is 10.9 Å². The Balaban J connectivity index is 2.34. The lowest BCUT2D eigenvalue weighted by molar-refractivity contribution is 0.173. The van der Waals surface area contributed by atoms with Gasteiger partial charge in [0.15, 0.2) is 11.5 Å². The van der Waals surface area contributed by atoms with Crippen molar-refractivity contribution < 1.29 is 9.47 Å². The first-order chi connectivity index (χ1) is 6.95. The number of hydrogen-bond acceptors (Lipinski definition) is 3. The highest BCUT2D eigenvalue weighted by Gasteiger charge is 2.14. The lowest BCUT2D eigenvalue weighted by atomic mass is 10.2. The molecule has 1 aromatic heterocycles. The molecule has 0 N–H and O–H groups in total. The Morgan fingerprint density at radius 2 is 2.00 bits per heavy atom. The largest absolute Gasteiger partial charge is 0.486 e. The summed E-state index contributed by atoms with van der Waals surface area (Å²) in [7, 11) is 0. The van der Waals surface area contributed by atoms with E-state index < -0.39 is 0 Å². The smallest absolute Gasteiger partial charge is 0.187 e. The highest BCUT2D eigenvalue weighted by molar-refractivity contribution is 5.87. The second-order valence-electron chi connectivity index (χ2n) is 3.16. The zero-order chi connectivity index (χ0) is 9.38. The predicted molar refractivity (Wildman–Crippen MR) is 52.7 cm³/mol. The Kier molecular flexibility index (Phi) is 1.56. The summed E-state index contributed by atoms with van der Waals surface area (Å²) in [5, 5.41) is 1.08. The van der Waals surface area contributed by atoms with Gasteiger partial charge in [0.05, 0.1) is 0 Å². The first-order valence-corrected chi connectivity index (χ1v) is 4.58. The van der Waals surface area contributed by atoms with E-state index >= 15 is 0 Å². The molecule has 70 valence electrons. The minimum atomic E-state index is 0.600. The SMILES string of the molecule is c1cnc2c3c(ccc2c1)OCCO3. The minimum absolute atomic E-state index is 0.600. The number of ether oxygens (including phenoxy) is 2. The van der Waals surface area contributed by atoms with E-state index in [0.29, 0.717) is 13.2 Å². The molecule has 2 aromatic rings. The Hall–Kier alpha value is -1.77. The Labute approximate surface area is 81.3 Å². The van der Waals surface area contributed by atoms with Crippen LogP contribution in [-0.4, -0.2) is 18.2 Å². The molecule has 0 atom stereocenters. The van der Waals surface area contributed by atoms with Gasteiger partial charge in [-0.05, 0) is 18.2 Å². The van der Waals surface area contributed by atoms with Crippen molar-refractivity contribution in [1.29, 1.82) is 0 Å². The zero-order valence-corrected chi connectivity index (χ0v) is 7.56. The summed E-state index contributed by atoms with van der Waals surface area (Å²) in [6, 6.07) is 7.85. The van der Waals surface area contributed by atoms with Crippen molar-refractivity contribution in [3.8, 4) is 11.5 Å². The number of nitrogens with zero attached hydrogens (tertiary/aromatic N) is 1. The third-order valence-electron chi connectivity index (χ3n) is 2.28. The number of fused-ring (bicyclic) bond motifs is 3. The van der Waals surface area contributed by atoms with Crippen LogP contribution in [0, 0.1) is 0 Å². The predicted octanol–water partition coefficient (Wildman–Crippen LogP) is 2.01. The molecule has 14 heavy (non-hydrogen) atoms. The lowest BCUT2D eigenvalue weighted by Gasteiger charge is -2.18. The monoisotopic (exact) mass is 187 g/mol. The fraction of sp³-hybridized carbons (Fsp3) is 0.182. The Morgan fingerprint density at radius 1 is 1.07 bits per heavy atom. The molecule has 0 aliphatic carbocycles. The summed E-state index contributed by atoms with van der Waals surface area (Å²) in [4.78, 5) is 4.29. The summed E-state index contributed by atoms with van der Waals surface area (Å²) < 4.78 is 11.0. The molecule has 1 aliphatic heterocycles. The first-order valence-electron chi connectivity index (χ1n) is 4.58. The maximum Gasteiger partial charge on any atom is 0.187 e. The van der Waals surface area contributed by atoms with Crippen LogP contribution < -0.4 is 9.47 Å². The maximum atomic E-state index is 5.55. The third-order valence-corrected chi connectivity index (χ3v) is 2.28. The molecule has 3 rings (SSSR count). The van der Waals surface area contributed by atoms with E-state index in [9.17, 15) is 0 Å². The fourth-order valence-corrected chi connectivity index (χ4v) is 1.65. The Morgan fingerprint density at radius 3 is 3.00 bits per heavy atom. The molecule has 0 radical (unpaired) electrons. The van der Waals surface area contributed by atoms with Crippen LogP contribution in [-0.2, 0) is 0 Å². The number of hydrogen-bond donors (Lipinski definition) is 0. The fourth-order valence-electron chi connectivity index (χ4n) is 1.65. The van der Waals surface area contributed by atoms with Crippen molar-refractivity contribution in [3.63, 3.8) is 0 Å². The van der Waals surface area contributed by atoms with Crippen LogP contribution in [0.4, 0.5) is 0 Å². The van der Waals surface area contributed by atoms with Gasteiger partial charge < -0.3 is 9.47 Å². The zero-order valence-electron chi connectivity index (χ0n) is 7.56. The molecule has 0 saturated heterocycles. The molecule has 1 aliphatic rings. The van der Waals surface area contributed by atoms with E-state index in [1.54, 1.807) is 6.20 Å². The van der Waals surface area contributed by atoms with E-state index in [1.807, 2.05) is 24.3 Å². The van der Waals surface area contributed by atoms with Gasteiger partial charge in [-0.2, -0.15) is 0 Å².